The molecule has 6 rings (SSSR count). The van der Waals surface area contributed by atoms with Gasteiger partial charge in [-0.25, -0.2) is 14.6 Å². The Balaban J connectivity index is 0.000000160. The smallest absolute Gasteiger partial charge is 0.351 e. The molecule has 2 saturated heterocycles. The summed E-state index contributed by atoms with van der Waals surface area (Å²) in [4.78, 5) is 69.7. The number of carbonyl (C=O) groups excluding carboxylic acids is 2. The van der Waals surface area contributed by atoms with Gasteiger partial charge in [0.05, 0.1) is 18.2 Å². The Morgan fingerprint density at radius 3 is 2.49 bits per heavy atom. The molecule has 3 aromatic heterocycles. The lowest BCUT2D eigenvalue weighted by Crippen LogP contribution is -2.43. The number of carbonyl (C=O) groups is 2. The minimum atomic E-state index is -1.31. The predicted molar refractivity (Wildman–Crippen MR) is 174 cm³/mol. The number of likely N-dealkylation sites (tertiary alicyclic amines) is 1. The molecular weight excluding hydrogens is 658 g/mol. The third-order valence-electron chi connectivity index (χ3n) is 7.37. The summed E-state index contributed by atoms with van der Waals surface area (Å²) in [6.07, 6.45) is -1.83. The van der Waals surface area contributed by atoms with Crippen molar-refractivity contribution in [2.24, 2.45) is 13.0 Å². The van der Waals surface area contributed by atoms with Gasteiger partial charge in [-0.3, -0.25) is 28.1 Å². The molecule has 3 aliphatic heterocycles. The number of aliphatic hydroxyl groups excluding tert-OH is 3. The summed E-state index contributed by atoms with van der Waals surface area (Å²) in [5.41, 5.74) is 5.79. The Hall–Kier alpha value is -3.95. The maximum atomic E-state index is 11.9. The Morgan fingerprint density at radius 1 is 1.19 bits per heavy atom. The lowest BCUT2D eigenvalue weighted by molar-refractivity contribution is -0.130. The molecule has 0 aliphatic carbocycles. The molecule has 0 aromatic carbocycles. The van der Waals surface area contributed by atoms with Crippen LogP contribution in [-0.4, -0.2) is 104 Å². The van der Waals surface area contributed by atoms with E-state index in [0.717, 1.165) is 14.8 Å². The van der Waals surface area contributed by atoms with Crippen molar-refractivity contribution in [2.45, 2.75) is 63.1 Å². The van der Waals surface area contributed by atoms with Gasteiger partial charge < -0.3 is 41.0 Å². The normalized spacial score (nSPS) is 24.8. The van der Waals surface area contributed by atoms with Gasteiger partial charge in [0.15, 0.2) is 11.9 Å². The number of imidazole rings is 1. The number of fused-ring (bicyclic) bond motifs is 2. The van der Waals surface area contributed by atoms with Gasteiger partial charge in [-0.05, 0) is 12.0 Å². The molecule has 3 aliphatic rings. The topological polar surface area (TPSA) is 253 Å². The van der Waals surface area contributed by atoms with E-state index in [1.54, 1.807) is 33.5 Å². The summed E-state index contributed by atoms with van der Waals surface area (Å²) in [6, 6.07) is 0.986. The fourth-order valence-corrected chi connectivity index (χ4v) is 7.74. The number of nitrogens with one attached hydrogen (secondary N) is 2. The van der Waals surface area contributed by atoms with Crippen LogP contribution < -0.4 is 28.0 Å². The van der Waals surface area contributed by atoms with E-state index in [-0.39, 0.29) is 40.2 Å². The third kappa shape index (κ3) is 7.47. The summed E-state index contributed by atoms with van der Waals surface area (Å²) >= 11 is 0. The second-order valence-corrected chi connectivity index (χ2v) is 13.5. The zero-order valence-electron chi connectivity index (χ0n) is 26.1. The molecule has 0 radical (unpaired) electrons. The molecule has 0 bridgehead atoms. The lowest BCUT2D eigenvalue weighted by atomic mass is 10.1. The number of aliphatic hydroxyl groups is 3. The first-order valence-electron chi connectivity index (χ1n) is 14.3. The third-order valence-corrected chi connectivity index (χ3v) is 9.78. The molecule has 6 heterocycles. The molecule has 0 saturated carbocycles. The van der Waals surface area contributed by atoms with Crippen molar-refractivity contribution >= 4 is 50.4 Å². The van der Waals surface area contributed by atoms with E-state index in [1.807, 2.05) is 19.3 Å². The Kier molecular flexibility index (Phi) is 11.4. The van der Waals surface area contributed by atoms with E-state index < -0.39 is 36.8 Å². The SMILES string of the molecule is CC(=O)NC1C(=O)N(C)C2=CSSC21.CC(C)Cn1c(=O)n(C)c(=O)c2[nH]cnc21.Nc1ccn([C@@H]2O[C@H](CO)[C@@H](O)[C@@H]2O)c(=O)n1. The number of aromatic nitrogens is 6. The van der Waals surface area contributed by atoms with Crippen LogP contribution in [0.4, 0.5) is 5.82 Å². The summed E-state index contributed by atoms with van der Waals surface area (Å²) in [6.45, 7) is 5.55. The van der Waals surface area contributed by atoms with Crippen LogP contribution in [-0.2, 0) is 27.9 Å². The number of rotatable bonds is 5. The number of aromatic amines is 1. The van der Waals surface area contributed by atoms with Crippen LogP contribution in [0.3, 0.4) is 0 Å². The summed E-state index contributed by atoms with van der Waals surface area (Å²) in [5, 5.41) is 32.9. The van der Waals surface area contributed by atoms with Crippen molar-refractivity contribution in [3.8, 4) is 0 Å². The Morgan fingerprint density at radius 2 is 1.89 bits per heavy atom. The number of hydrogen-bond donors (Lipinski definition) is 6. The summed E-state index contributed by atoms with van der Waals surface area (Å²) < 4.78 is 8.81. The van der Waals surface area contributed by atoms with Crippen LogP contribution in [0.25, 0.3) is 11.2 Å². The van der Waals surface area contributed by atoms with Gasteiger partial charge in [-0.15, -0.1) is 0 Å². The monoisotopic (exact) mass is 695 g/mol. The highest BCUT2D eigenvalue weighted by Crippen LogP contribution is 2.46. The van der Waals surface area contributed by atoms with E-state index in [1.165, 1.54) is 37.1 Å². The molecule has 0 spiro atoms. The number of nitrogens with two attached hydrogens (primary N) is 1. The molecule has 256 valence electrons. The average molecular weight is 696 g/mol. The zero-order valence-corrected chi connectivity index (χ0v) is 27.8. The molecule has 7 N–H and O–H groups in total. The molecule has 47 heavy (non-hydrogen) atoms. The standard InChI is InChI=1S/C10H14N4O2.C9H13N3O5.C8H10N2O2S2/c1-6(2)4-14-8-7(11-5-12-8)9(15)13(3)10(14)16;10-5-1-2-12(9(16)11-5)8-7(15)6(14)4(3-13)17-8;1-4(11)9-6-7-5(3-13-14-7)10(2)8(6)12/h5-6H,4H2,1-3H3,(H,11,12);1-2,4,6-8,13-15H,3H2,(H2,10,11,16);3,6-7H,1-2H3,(H,9,11)/t;4-,6-,7+,8-;/m.1./s1. The Labute approximate surface area is 275 Å². The van der Waals surface area contributed by atoms with Gasteiger partial charge >= 0.3 is 11.4 Å². The number of H-pyrrole nitrogens is 1. The highest BCUT2D eigenvalue weighted by molar-refractivity contribution is 8.78. The van der Waals surface area contributed by atoms with Crippen LogP contribution in [0.1, 0.15) is 27.0 Å². The maximum Gasteiger partial charge on any atom is 0.351 e. The van der Waals surface area contributed by atoms with Gasteiger partial charge in [0.25, 0.3) is 11.5 Å². The van der Waals surface area contributed by atoms with Gasteiger partial charge in [0.2, 0.25) is 5.91 Å². The first-order valence-corrected chi connectivity index (χ1v) is 16.6. The second kappa shape index (κ2) is 14.9. The number of anilines is 1. The minimum absolute atomic E-state index is 0.0238. The quantitative estimate of drug-likeness (QED) is 0.159. The second-order valence-electron chi connectivity index (χ2n) is 11.3. The lowest BCUT2D eigenvalue weighted by Gasteiger charge is -2.16. The molecule has 6 atom stereocenters. The average Bonchev–Trinajstić information content (AvgIpc) is 3.80. The first-order chi connectivity index (χ1) is 22.2. The molecule has 2 amide bonds. The minimum Gasteiger partial charge on any atom is -0.394 e. The van der Waals surface area contributed by atoms with Crippen LogP contribution in [0.2, 0.25) is 0 Å². The van der Waals surface area contributed by atoms with Crippen LogP contribution in [0.15, 0.2) is 44.1 Å². The fraction of sp³-hybridized carbons (Fsp3) is 0.519. The van der Waals surface area contributed by atoms with Crippen LogP contribution >= 0.6 is 21.6 Å². The van der Waals surface area contributed by atoms with Crippen LogP contribution in [0, 0.1) is 5.92 Å². The van der Waals surface area contributed by atoms with Crippen molar-refractivity contribution in [1.29, 1.82) is 0 Å². The van der Waals surface area contributed by atoms with E-state index in [2.05, 4.69) is 20.3 Å². The molecule has 2 fully saturated rings. The molecular formula is C27H37N9O9S2. The van der Waals surface area contributed by atoms with Crippen molar-refractivity contribution in [3.63, 3.8) is 0 Å². The number of nitrogens with zero attached hydrogens (tertiary/aromatic N) is 6. The van der Waals surface area contributed by atoms with E-state index >= 15 is 0 Å². The number of hydrogen-bond acceptors (Lipinski definition) is 14. The van der Waals surface area contributed by atoms with Crippen molar-refractivity contribution < 1.29 is 29.6 Å². The number of amides is 2. The van der Waals surface area contributed by atoms with E-state index in [4.69, 9.17) is 15.6 Å². The van der Waals surface area contributed by atoms with Crippen LogP contribution in [0.5, 0.6) is 0 Å². The van der Waals surface area contributed by atoms with Crippen molar-refractivity contribution in [1.82, 2.24) is 38.9 Å². The van der Waals surface area contributed by atoms with E-state index in [0.29, 0.717) is 23.6 Å². The van der Waals surface area contributed by atoms with Crippen molar-refractivity contribution in [2.75, 3.05) is 19.4 Å². The first kappa shape index (κ1) is 35.9. The summed E-state index contributed by atoms with van der Waals surface area (Å²) in [7, 11) is 6.45. The van der Waals surface area contributed by atoms with Gasteiger partial charge in [-0.1, -0.05) is 35.4 Å². The Bertz CT molecular complexity index is 1840. The largest absolute Gasteiger partial charge is 0.394 e. The predicted octanol–water partition coefficient (Wildman–Crippen LogP) is -1.92. The zero-order chi connectivity index (χ0) is 34.7. The van der Waals surface area contributed by atoms with E-state index in [9.17, 15) is 34.2 Å². The number of nitrogen functional groups attached to an aromatic ring is 1. The number of likely N-dealkylation sites (N-methyl/N-ethyl adjacent to an activating group) is 1. The van der Waals surface area contributed by atoms with Gasteiger partial charge in [-0.2, -0.15) is 4.98 Å². The van der Waals surface area contributed by atoms with Gasteiger partial charge in [0, 0.05) is 44.9 Å². The number of ether oxygens (including phenoxy) is 1. The molecule has 2 unspecified atom stereocenters. The molecule has 20 heteroatoms. The highest BCUT2D eigenvalue weighted by Gasteiger charge is 2.46. The van der Waals surface area contributed by atoms with Crippen molar-refractivity contribution in [3.05, 3.63) is 61.0 Å². The highest BCUT2D eigenvalue weighted by atomic mass is 33.1. The molecule has 18 nitrogen and oxygen atoms in total. The molecule has 3 aromatic rings. The summed E-state index contributed by atoms with van der Waals surface area (Å²) in [5.74, 6) is 0.188. The van der Waals surface area contributed by atoms with Gasteiger partial charge in [0.1, 0.15) is 35.7 Å². The fourth-order valence-electron chi connectivity index (χ4n) is 5.01. The maximum absolute atomic E-state index is 11.9.